The second-order valence-corrected chi connectivity index (χ2v) is 2.40. The van der Waals surface area contributed by atoms with E-state index in [9.17, 15) is 0 Å². The Morgan fingerprint density at radius 3 is 3.08 bits per heavy atom. The van der Waals surface area contributed by atoms with Gasteiger partial charge in [-0.3, -0.25) is 0 Å². The molecule has 1 rings (SSSR count). The second kappa shape index (κ2) is 4.27. The Morgan fingerprint density at radius 1 is 1.75 bits per heavy atom. The van der Waals surface area contributed by atoms with Gasteiger partial charge in [0.25, 0.3) is 0 Å². The number of allylic oxidation sites excluding steroid dienone is 2. The quantitative estimate of drug-likeness (QED) is 0.244. The normalized spacial score (nSPS) is 20.1. The van der Waals surface area contributed by atoms with Crippen molar-refractivity contribution in [3.8, 4) is 11.8 Å². The molecule has 0 aromatic carbocycles. The highest BCUT2D eigenvalue weighted by Crippen LogP contribution is 2.12. The molecule has 0 saturated heterocycles. The topological polar surface area (TPSA) is 48.8 Å². The van der Waals surface area contributed by atoms with Crippen LogP contribution in [-0.2, 0) is 0 Å². The monoisotopic (exact) mass is 159 g/mol. The van der Waals surface area contributed by atoms with Crippen LogP contribution in [0.2, 0.25) is 0 Å². The summed E-state index contributed by atoms with van der Waals surface area (Å²) in [7, 11) is 0. The Bertz CT molecular complexity index is 321. The first-order valence-electron chi connectivity index (χ1n) is 3.72. The minimum Gasteiger partial charge on any atom is -0.101 e. The molecular formula is C9H9N3. The van der Waals surface area contributed by atoms with Crippen LogP contribution < -0.4 is 0 Å². The lowest BCUT2D eigenvalue weighted by Crippen LogP contribution is -2.00. The van der Waals surface area contributed by atoms with Gasteiger partial charge in [-0.15, -0.1) is 5.92 Å². The van der Waals surface area contributed by atoms with Crippen molar-refractivity contribution < 1.29 is 0 Å². The van der Waals surface area contributed by atoms with Gasteiger partial charge in [0.1, 0.15) is 0 Å². The molecule has 0 heterocycles. The molecular weight excluding hydrogens is 150 g/mol. The summed E-state index contributed by atoms with van der Waals surface area (Å²) in [5.41, 5.74) is 9.17. The first kappa shape index (κ1) is 8.45. The molecule has 0 bridgehead atoms. The molecule has 0 amide bonds. The van der Waals surface area contributed by atoms with Gasteiger partial charge in [0.2, 0.25) is 0 Å². The van der Waals surface area contributed by atoms with E-state index < -0.39 is 0 Å². The predicted molar refractivity (Wildman–Crippen MR) is 48.2 cm³/mol. The maximum Gasteiger partial charge on any atom is 0.0593 e. The van der Waals surface area contributed by atoms with Crippen LogP contribution >= 0.6 is 0 Å². The Hall–Kier alpha value is -1.65. The van der Waals surface area contributed by atoms with Gasteiger partial charge >= 0.3 is 0 Å². The Kier molecular flexibility index (Phi) is 3.01. The van der Waals surface area contributed by atoms with Crippen molar-refractivity contribution in [2.45, 2.75) is 19.4 Å². The maximum absolute atomic E-state index is 8.16. The van der Waals surface area contributed by atoms with Gasteiger partial charge in [0.05, 0.1) is 6.04 Å². The highest BCUT2D eigenvalue weighted by molar-refractivity contribution is 5.40. The van der Waals surface area contributed by atoms with Crippen LogP contribution in [-0.4, -0.2) is 6.04 Å². The summed E-state index contributed by atoms with van der Waals surface area (Å²) >= 11 is 0. The minimum absolute atomic E-state index is 0.0302. The van der Waals surface area contributed by atoms with Crippen LogP contribution in [0.3, 0.4) is 0 Å². The van der Waals surface area contributed by atoms with Gasteiger partial charge in [0, 0.05) is 10.5 Å². The Morgan fingerprint density at radius 2 is 2.58 bits per heavy atom. The Balaban J connectivity index is 2.65. The lowest BCUT2D eigenvalue weighted by atomic mass is 10.0. The maximum atomic E-state index is 8.16. The van der Waals surface area contributed by atoms with Crippen molar-refractivity contribution >= 4 is 0 Å². The summed E-state index contributed by atoms with van der Waals surface area (Å²) in [6.45, 7) is 1.80. The van der Waals surface area contributed by atoms with Gasteiger partial charge < -0.3 is 0 Å². The molecule has 0 aliphatic heterocycles. The average Bonchev–Trinajstić information content (AvgIpc) is 2.09. The summed E-state index contributed by atoms with van der Waals surface area (Å²) < 4.78 is 0. The number of rotatable bonds is 1. The molecule has 0 N–H and O–H groups in total. The number of azide groups is 1. The van der Waals surface area contributed by atoms with Crippen molar-refractivity contribution in [2.75, 3.05) is 0 Å². The third kappa shape index (κ3) is 2.19. The predicted octanol–water partition coefficient (Wildman–Crippen LogP) is 2.57. The molecule has 1 aliphatic carbocycles. The summed E-state index contributed by atoms with van der Waals surface area (Å²) in [5.74, 6) is 5.75. The molecule has 1 unspecified atom stereocenters. The SMILES string of the molecule is CC#CC1=CCC(N=[N+]=[N-])C=C1. The first-order valence-corrected chi connectivity index (χ1v) is 3.72. The molecule has 0 aromatic rings. The molecule has 0 aromatic heterocycles. The van der Waals surface area contributed by atoms with Crippen LogP contribution in [0.5, 0.6) is 0 Å². The molecule has 1 atom stereocenters. The largest absolute Gasteiger partial charge is 0.101 e. The lowest BCUT2D eigenvalue weighted by Gasteiger charge is -2.06. The number of hydrogen-bond donors (Lipinski definition) is 0. The molecule has 60 valence electrons. The zero-order valence-corrected chi connectivity index (χ0v) is 6.86. The summed E-state index contributed by atoms with van der Waals surface area (Å²) in [4.78, 5) is 2.74. The summed E-state index contributed by atoms with van der Waals surface area (Å²) in [6.07, 6.45) is 6.50. The van der Waals surface area contributed by atoms with Crippen molar-refractivity contribution in [2.24, 2.45) is 5.11 Å². The smallest absolute Gasteiger partial charge is 0.0593 e. The van der Waals surface area contributed by atoms with Crippen LogP contribution in [0.15, 0.2) is 28.9 Å². The van der Waals surface area contributed by atoms with Gasteiger partial charge in [0.15, 0.2) is 0 Å². The van der Waals surface area contributed by atoms with E-state index in [1.807, 2.05) is 18.2 Å². The fourth-order valence-corrected chi connectivity index (χ4v) is 0.998. The molecule has 0 spiro atoms. The first-order chi connectivity index (χ1) is 5.86. The van der Waals surface area contributed by atoms with Gasteiger partial charge in [-0.1, -0.05) is 29.3 Å². The van der Waals surface area contributed by atoms with E-state index in [0.717, 1.165) is 12.0 Å². The zero-order chi connectivity index (χ0) is 8.81. The van der Waals surface area contributed by atoms with E-state index >= 15 is 0 Å². The van der Waals surface area contributed by atoms with Gasteiger partial charge in [-0.05, 0) is 18.9 Å². The van der Waals surface area contributed by atoms with Crippen LogP contribution in [0, 0.1) is 11.8 Å². The van der Waals surface area contributed by atoms with Crippen LogP contribution in [0.4, 0.5) is 0 Å². The van der Waals surface area contributed by atoms with E-state index in [4.69, 9.17) is 5.53 Å². The second-order valence-electron chi connectivity index (χ2n) is 2.40. The minimum atomic E-state index is -0.0302. The van der Waals surface area contributed by atoms with Crippen molar-refractivity contribution in [3.63, 3.8) is 0 Å². The van der Waals surface area contributed by atoms with Gasteiger partial charge in [-0.2, -0.15) is 0 Å². The standard InChI is InChI=1S/C9H9N3/c1-2-3-8-4-6-9(7-5-8)11-12-10/h4-6,9H,7H2,1H3. The van der Waals surface area contributed by atoms with E-state index in [-0.39, 0.29) is 6.04 Å². The summed E-state index contributed by atoms with van der Waals surface area (Å²) in [6, 6.07) is -0.0302. The summed E-state index contributed by atoms with van der Waals surface area (Å²) in [5, 5.41) is 3.58. The van der Waals surface area contributed by atoms with E-state index in [0.29, 0.717) is 0 Å². The molecule has 3 nitrogen and oxygen atoms in total. The Labute approximate surface area is 71.4 Å². The zero-order valence-electron chi connectivity index (χ0n) is 6.86. The molecule has 0 radical (unpaired) electrons. The van der Waals surface area contributed by atoms with Crippen molar-refractivity contribution in [1.29, 1.82) is 0 Å². The van der Waals surface area contributed by atoms with E-state index in [1.165, 1.54) is 0 Å². The molecule has 12 heavy (non-hydrogen) atoms. The number of hydrogen-bond acceptors (Lipinski definition) is 1. The lowest BCUT2D eigenvalue weighted by molar-refractivity contribution is 0.813. The van der Waals surface area contributed by atoms with E-state index in [1.54, 1.807) is 6.92 Å². The van der Waals surface area contributed by atoms with Crippen LogP contribution in [0.25, 0.3) is 10.4 Å². The fourth-order valence-electron chi connectivity index (χ4n) is 0.998. The van der Waals surface area contributed by atoms with Crippen molar-refractivity contribution in [3.05, 3.63) is 34.2 Å². The molecule has 0 saturated carbocycles. The van der Waals surface area contributed by atoms with Gasteiger partial charge in [-0.25, -0.2) is 0 Å². The van der Waals surface area contributed by atoms with E-state index in [2.05, 4.69) is 21.9 Å². The van der Waals surface area contributed by atoms with Crippen LogP contribution in [0.1, 0.15) is 13.3 Å². The highest BCUT2D eigenvalue weighted by atomic mass is 15.1. The average molecular weight is 159 g/mol. The molecule has 1 aliphatic rings. The third-order valence-electron chi connectivity index (χ3n) is 1.55. The third-order valence-corrected chi connectivity index (χ3v) is 1.55. The van der Waals surface area contributed by atoms with Crippen molar-refractivity contribution in [1.82, 2.24) is 0 Å². The fraction of sp³-hybridized carbons (Fsp3) is 0.333. The highest BCUT2D eigenvalue weighted by Gasteiger charge is 2.03. The molecule has 3 heteroatoms. The number of nitrogens with zero attached hydrogens (tertiary/aromatic N) is 3. The molecule has 0 fully saturated rings.